The summed E-state index contributed by atoms with van der Waals surface area (Å²) >= 11 is 5.71. The Morgan fingerprint density at radius 1 is 1.17 bits per heavy atom. The highest BCUT2D eigenvalue weighted by atomic mass is 32.2. The van der Waals surface area contributed by atoms with E-state index in [1.807, 2.05) is 53.7 Å². The second kappa shape index (κ2) is 7.77. The molecule has 1 aromatic carbocycles. The van der Waals surface area contributed by atoms with E-state index in [1.165, 1.54) is 28.4 Å². The Labute approximate surface area is 150 Å². The minimum Gasteiger partial charge on any atom is -0.334 e. The van der Waals surface area contributed by atoms with Crippen LogP contribution in [0.15, 0.2) is 41.8 Å². The van der Waals surface area contributed by atoms with Gasteiger partial charge >= 0.3 is 0 Å². The van der Waals surface area contributed by atoms with Crippen molar-refractivity contribution in [1.82, 2.24) is 4.90 Å². The largest absolute Gasteiger partial charge is 0.334 e. The molecule has 1 amide bonds. The Morgan fingerprint density at radius 3 is 2.48 bits per heavy atom. The minimum atomic E-state index is 0.0846. The Balaban J connectivity index is 1.69. The molecule has 1 aliphatic heterocycles. The molecule has 3 rings (SSSR count). The van der Waals surface area contributed by atoms with Crippen LogP contribution in [0.25, 0.3) is 0 Å². The van der Waals surface area contributed by atoms with E-state index in [0.29, 0.717) is 4.58 Å². The fourth-order valence-corrected chi connectivity index (χ4v) is 6.28. The molecule has 0 N–H and O–H groups in total. The number of hydrogen-bond donors (Lipinski definition) is 0. The summed E-state index contributed by atoms with van der Waals surface area (Å²) in [5.41, 5.74) is 2.09. The van der Waals surface area contributed by atoms with Gasteiger partial charge in [0.2, 0.25) is 0 Å². The molecule has 2 nitrogen and oxygen atoms in total. The second-order valence-corrected chi connectivity index (χ2v) is 9.36. The number of carbonyl (C=O) groups is 1. The van der Waals surface area contributed by atoms with Gasteiger partial charge in [0.1, 0.15) is 0 Å². The highest BCUT2D eigenvalue weighted by Crippen LogP contribution is 2.43. The number of nitrogens with zero attached hydrogens (tertiary/aromatic N) is 1. The lowest BCUT2D eigenvalue weighted by atomic mass is 10.1. The number of thioether (sulfide) groups is 2. The van der Waals surface area contributed by atoms with Crippen LogP contribution in [0.4, 0.5) is 0 Å². The van der Waals surface area contributed by atoms with Crippen LogP contribution in [0.5, 0.6) is 0 Å². The normalized spacial score (nSPS) is 17.0. The molecule has 2 heterocycles. The summed E-state index contributed by atoms with van der Waals surface area (Å²) in [5.74, 6) is 2.56. The summed E-state index contributed by atoms with van der Waals surface area (Å²) in [7, 11) is 1.88. The van der Waals surface area contributed by atoms with Crippen molar-refractivity contribution >= 4 is 40.8 Å². The van der Waals surface area contributed by atoms with E-state index in [2.05, 4.69) is 30.5 Å². The summed E-state index contributed by atoms with van der Waals surface area (Å²) in [5, 5.41) is 2.05. The van der Waals surface area contributed by atoms with Crippen molar-refractivity contribution in [2.75, 3.05) is 18.6 Å². The van der Waals surface area contributed by atoms with Crippen LogP contribution in [0.3, 0.4) is 0 Å². The van der Waals surface area contributed by atoms with Crippen molar-refractivity contribution in [2.24, 2.45) is 0 Å². The third kappa shape index (κ3) is 3.95. The number of hydrogen-bond acceptors (Lipinski definition) is 4. The van der Waals surface area contributed by atoms with Gasteiger partial charge in [-0.05, 0) is 54.0 Å². The smallest absolute Gasteiger partial charge is 0.254 e. The van der Waals surface area contributed by atoms with Crippen molar-refractivity contribution in [3.05, 3.63) is 57.8 Å². The van der Waals surface area contributed by atoms with Gasteiger partial charge in [0, 0.05) is 17.5 Å². The number of benzene rings is 1. The fourth-order valence-electron chi connectivity index (χ4n) is 2.56. The van der Waals surface area contributed by atoms with E-state index >= 15 is 0 Å². The molecule has 1 fully saturated rings. The molecule has 1 unspecified atom stereocenters. The van der Waals surface area contributed by atoms with E-state index in [0.717, 1.165) is 5.56 Å². The Hall–Kier alpha value is -0.910. The first-order chi connectivity index (χ1) is 11.2. The van der Waals surface area contributed by atoms with Crippen molar-refractivity contribution in [2.45, 2.75) is 24.0 Å². The van der Waals surface area contributed by atoms with Crippen molar-refractivity contribution in [3.8, 4) is 0 Å². The third-order valence-electron chi connectivity index (χ3n) is 4.11. The summed E-state index contributed by atoms with van der Waals surface area (Å²) in [4.78, 5) is 15.7. The number of amides is 1. The Kier molecular flexibility index (Phi) is 5.72. The van der Waals surface area contributed by atoms with E-state index in [9.17, 15) is 4.79 Å². The van der Waals surface area contributed by atoms with Gasteiger partial charge in [-0.2, -0.15) is 0 Å². The highest BCUT2D eigenvalue weighted by molar-refractivity contribution is 8.16. The quantitative estimate of drug-likeness (QED) is 0.720. The zero-order valence-corrected chi connectivity index (χ0v) is 15.8. The van der Waals surface area contributed by atoms with Gasteiger partial charge < -0.3 is 4.90 Å². The molecule has 0 spiro atoms. The monoisotopic (exact) mass is 363 g/mol. The molecular formula is C18H21NOS3. The molecule has 1 saturated heterocycles. The minimum absolute atomic E-state index is 0.0846. The van der Waals surface area contributed by atoms with Crippen LogP contribution < -0.4 is 0 Å². The predicted molar refractivity (Wildman–Crippen MR) is 104 cm³/mol. The maximum absolute atomic E-state index is 12.7. The van der Waals surface area contributed by atoms with E-state index in [-0.39, 0.29) is 11.9 Å². The van der Waals surface area contributed by atoms with Crippen molar-refractivity contribution in [3.63, 3.8) is 0 Å². The summed E-state index contributed by atoms with van der Waals surface area (Å²) < 4.78 is 0.524. The zero-order chi connectivity index (χ0) is 16.2. The molecular weight excluding hydrogens is 342 g/mol. The molecule has 1 aliphatic rings. The van der Waals surface area contributed by atoms with E-state index < -0.39 is 0 Å². The first kappa shape index (κ1) is 16.9. The van der Waals surface area contributed by atoms with Crippen LogP contribution in [0.1, 0.15) is 44.8 Å². The van der Waals surface area contributed by atoms with Crippen LogP contribution >= 0.6 is 34.9 Å². The molecule has 0 saturated carbocycles. The average Bonchev–Trinajstić information content (AvgIpc) is 3.15. The fraction of sp³-hybridized carbons (Fsp3) is 0.389. The van der Waals surface area contributed by atoms with Crippen LogP contribution in [0, 0.1) is 0 Å². The second-order valence-electron chi connectivity index (χ2n) is 5.66. The topological polar surface area (TPSA) is 20.3 Å². The molecule has 23 heavy (non-hydrogen) atoms. The lowest BCUT2D eigenvalue weighted by molar-refractivity contribution is 0.0745. The molecule has 0 aliphatic carbocycles. The van der Waals surface area contributed by atoms with Gasteiger partial charge in [0.15, 0.2) is 0 Å². The molecule has 5 heteroatoms. The SMILES string of the molecule is CC(c1cccs1)N(C)C(=O)c1ccc(C2SCCCS2)cc1. The standard InChI is InChI=1S/C18H21NOS3/c1-13(16-5-3-10-21-16)19(2)17(20)14-6-8-15(9-7-14)18-22-11-4-12-23-18/h3,5-10,13,18H,4,11-12H2,1-2H3. The third-order valence-corrected chi connectivity index (χ3v) is 8.17. The van der Waals surface area contributed by atoms with Gasteiger partial charge in [0.25, 0.3) is 5.91 Å². The van der Waals surface area contributed by atoms with Crippen LogP contribution in [-0.2, 0) is 0 Å². The number of thiophene rings is 1. The molecule has 1 aromatic heterocycles. The number of rotatable bonds is 4. The van der Waals surface area contributed by atoms with E-state index in [4.69, 9.17) is 0 Å². The van der Waals surface area contributed by atoms with Gasteiger partial charge in [0.05, 0.1) is 10.6 Å². The summed E-state index contributed by atoms with van der Waals surface area (Å²) in [6.07, 6.45) is 1.30. The van der Waals surface area contributed by atoms with E-state index in [1.54, 1.807) is 11.3 Å². The molecule has 2 aromatic rings. The first-order valence-electron chi connectivity index (χ1n) is 7.80. The average molecular weight is 364 g/mol. The maximum atomic E-state index is 12.7. The van der Waals surface area contributed by atoms with Crippen molar-refractivity contribution < 1.29 is 4.79 Å². The van der Waals surface area contributed by atoms with Gasteiger partial charge in [-0.15, -0.1) is 34.9 Å². The van der Waals surface area contributed by atoms with Crippen LogP contribution in [0.2, 0.25) is 0 Å². The summed E-state index contributed by atoms with van der Waals surface area (Å²) in [6, 6.07) is 12.4. The Bertz CT molecular complexity index is 633. The van der Waals surface area contributed by atoms with Crippen molar-refractivity contribution in [1.29, 1.82) is 0 Å². The summed E-state index contributed by atoms with van der Waals surface area (Å²) in [6.45, 7) is 2.08. The molecule has 0 bridgehead atoms. The molecule has 122 valence electrons. The van der Waals surface area contributed by atoms with Crippen LogP contribution in [-0.4, -0.2) is 29.4 Å². The lowest BCUT2D eigenvalue weighted by Crippen LogP contribution is -2.29. The zero-order valence-electron chi connectivity index (χ0n) is 13.4. The molecule has 1 atom stereocenters. The Morgan fingerprint density at radius 2 is 1.87 bits per heavy atom. The highest BCUT2D eigenvalue weighted by Gasteiger charge is 2.21. The molecule has 0 radical (unpaired) electrons. The maximum Gasteiger partial charge on any atom is 0.254 e. The van der Waals surface area contributed by atoms with Gasteiger partial charge in [-0.25, -0.2) is 0 Å². The lowest BCUT2D eigenvalue weighted by Gasteiger charge is -2.25. The number of carbonyl (C=O) groups excluding carboxylic acids is 1. The predicted octanol–water partition coefficient (Wildman–Crippen LogP) is 5.45. The van der Waals surface area contributed by atoms with Gasteiger partial charge in [-0.1, -0.05) is 18.2 Å². The first-order valence-corrected chi connectivity index (χ1v) is 10.8. The van der Waals surface area contributed by atoms with Gasteiger partial charge in [-0.3, -0.25) is 4.79 Å².